The second-order valence-corrected chi connectivity index (χ2v) is 5.21. The first-order chi connectivity index (χ1) is 7.03. The SMILES string of the molecule is N#CCS(=O)(=O)NCCC(=O)NC1CC1. The van der Waals surface area contributed by atoms with Gasteiger partial charge < -0.3 is 5.32 Å². The summed E-state index contributed by atoms with van der Waals surface area (Å²) in [5, 5.41) is 10.9. The molecule has 0 saturated heterocycles. The van der Waals surface area contributed by atoms with Crippen LogP contribution in [0.5, 0.6) is 0 Å². The molecule has 1 fully saturated rings. The van der Waals surface area contributed by atoms with Crippen molar-refractivity contribution in [2.24, 2.45) is 0 Å². The Morgan fingerprint density at radius 3 is 2.67 bits per heavy atom. The number of amides is 1. The van der Waals surface area contributed by atoms with Gasteiger partial charge in [0, 0.05) is 19.0 Å². The Bertz CT molecular complexity index is 367. The maximum atomic E-state index is 11.1. The fourth-order valence-electron chi connectivity index (χ4n) is 0.984. The van der Waals surface area contributed by atoms with Crippen molar-refractivity contribution < 1.29 is 13.2 Å². The van der Waals surface area contributed by atoms with Crippen LogP contribution in [0, 0.1) is 11.3 Å². The zero-order valence-electron chi connectivity index (χ0n) is 8.19. The molecule has 0 unspecified atom stereocenters. The van der Waals surface area contributed by atoms with Crippen molar-refractivity contribution in [3.05, 3.63) is 0 Å². The lowest BCUT2D eigenvalue weighted by atomic mass is 10.4. The molecule has 0 heterocycles. The minimum absolute atomic E-state index is 0.0442. The zero-order chi connectivity index (χ0) is 11.3. The van der Waals surface area contributed by atoms with E-state index >= 15 is 0 Å². The molecule has 0 aromatic heterocycles. The number of rotatable bonds is 6. The molecule has 2 N–H and O–H groups in total. The maximum Gasteiger partial charge on any atom is 0.225 e. The molecule has 6 nitrogen and oxygen atoms in total. The van der Waals surface area contributed by atoms with Gasteiger partial charge in [-0.1, -0.05) is 0 Å². The van der Waals surface area contributed by atoms with Gasteiger partial charge in [0.2, 0.25) is 15.9 Å². The Morgan fingerprint density at radius 2 is 2.13 bits per heavy atom. The van der Waals surface area contributed by atoms with E-state index in [0.717, 1.165) is 12.8 Å². The average Bonchev–Trinajstić information content (AvgIpc) is 2.87. The van der Waals surface area contributed by atoms with Gasteiger partial charge in [-0.3, -0.25) is 4.79 Å². The van der Waals surface area contributed by atoms with E-state index < -0.39 is 15.8 Å². The van der Waals surface area contributed by atoms with Crippen molar-refractivity contribution in [3.63, 3.8) is 0 Å². The Hall–Kier alpha value is -1.13. The summed E-state index contributed by atoms with van der Waals surface area (Å²) < 4.78 is 24.1. The highest BCUT2D eigenvalue weighted by atomic mass is 32.2. The van der Waals surface area contributed by atoms with E-state index in [1.54, 1.807) is 0 Å². The summed E-state index contributed by atoms with van der Waals surface area (Å²) in [5.41, 5.74) is 0. The molecule has 1 aliphatic rings. The molecule has 0 radical (unpaired) electrons. The van der Waals surface area contributed by atoms with Gasteiger partial charge in [-0.15, -0.1) is 0 Å². The Morgan fingerprint density at radius 1 is 1.47 bits per heavy atom. The number of nitrogens with zero attached hydrogens (tertiary/aromatic N) is 1. The third kappa shape index (κ3) is 5.34. The van der Waals surface area contributed by atoms with Crippen molar-refractivity contribution in [3.8, 4) is 6.07 Å². The molecule has 1 saturated carbocycles. The first-order valence-corrected chi connectivity index (χ1v) is 6.32. The number of nitriles is 1. The molecule has 0 aromatic rings. The third-order valence-electron chi connectivity index (χ3n) is 1.87. The highest BCUT2D eigenvalue weighted by molar-refractivity contribution is 7.89. The molecule has 7 heteroatoms. The van der Waals surface area contributed by atoms with Crippen LogP contribution in [0.4, 0.5) is 0 Å². The second-order valence-electron chi connectivity index (χ2n) is 3.40. The van der Waals surface area contributed by atoms with E-state index in [4.69, 9.17) is 5.26 Å². The molecule has 1 amide bonds. The maximum absolute atomic E-state index is 11.1. The van der Waals surface area contributed by atoms with E-state index in [-0.39, 0.29) is 24.9 Å². The molecule has 0 aromatic carbocycles. The predicted molar refractivity (Wildman–Crippen MR) is 53.2 cm³/mol. The molecule has 1 aliphatic carbocycles. The fraction of sp³-hybridized carbons (Fsp3) is 0.750. The normalized spacial score (nSPS) is 15.7. The first-order valence-electron chi connectivity index (χ1n) is 4.67. The van der Waals surface area contributed by atoms with Gasteiger partial charge in [-0.2, -0.15) is 5.26 Å². The van der Waals surface area contributed by atoms with Gasteiger partial charge in [0.15, 0.2) is 5.75 Å². The van der Waals surface area contributed by atoms with Crippen LogP contribution in [-0.2, 0) is 14.8 Å². The number of hydrogen-bond acceptors (Lipinski definition) is 4. The van der Waals surface area contributed by atoms with Gasteiger partial charge in [0.05, 0.1) is 6.07 Å². The fourth-order valence-corrected chi connectivity index (χ4v) is 1.67. The standard InChI is InChI=1S/C8H13N3O3S/c9-4-6-15(13,14)10-5-3-8(12)11-7-1-2-7/h7,10H,1-3,5-6H2,(H,11,12). The van der Waals surface area contributed by atoms with E-state index in [0.29, 0.717) is 0 Å². The van der Waals surface area contributed by atoms with Crippen LogP contribution in [-0.4, -0.2) is 32.7 Å². The van der Waals surface area contributed by atoms with Crippen molar-refractivity contribution in [2.45, 2.75) is 25.3 Å². The van der Waals surface area contributed by atoms with E-state index in [9.17, 15) is 13.2 Å². The van der Waals surface area contributed by atoms with Crippen LogP contribution in [0.3, 0.4) is 0 Å². The minimum atomic E-state index is -3.53. The monoisotopic (exact) mass is 231 g/mol. The Balaban J connectivity index is 2.14. The summed E-state index contributed by atoms with van der Waals surface area (Å²) in [6.07, 6.45) is 2.12. The van der Waals surface area contributed by atoms with Crippen LogP contribution in [0.2, 0.25) is 0 Å². The molecular formula is C8H13N3O3S. The van der Waals surface area contributed by atoms with Crippen molar-refractivity contribution in [2.75, 3.05) is 12.3 Å². The van der Waals surface area contributed by atoms with Gasteiger partial charge in [-0.25, -0.2) is 13.1 Å². The first kappa shape index (κ1) is 11.9. The van der Waals surface area contributed by atoms with E-state index in [2.05, 4.69) is 10.0 Å². The molecule has 0 spiro atoms. The average molecular weight is 231 g/mol. The number of sulfonamides is 1. The smallest absolute Gasteiger partial charge is 0.225 e. The summed E-state index contributed by atoms with van der Waals surface area (Å²) in [6.45, 7) is 0.0442. The molecule has 0 bridgehead atoms. The van der Waals surface area contributed by atoms with Gasteiger partial charge >= 0.3 is 0 Å². The van der Waals surface area contributed by atoms with Gasteiger partial charge in [-0.05, 0) is 12.8 Å². The summed E-state index contributed by atoms with van der Waals surface area (Å²) in [7, 11) is -3.53. The largest absolute Gasteiger partial charge is 0.353 e. The highest BCUT2D eigenvalue weighted by Crippen LogP contribution is 2.18. The van der Waals surface area contributed by atoms with Crippen LogP contribution in [0.25, 0.3) is 0 Å². The van der Waals surface area contributed by atoms with E-state index in [1.165, 1.54) is 6.07 Å². The molecule has 15 heavy (non-hydrogen) atoms. The number of carbonyl (C=O) groups excluding carboxylic acids is 1. The number of nitrogens with one attached hydrogen (secondary N) is 2. The third-order valence-corrected chi connectivity index (χ3v) is 3.02. The van der Waals surface area contributed by atoms with E-state index in [1.807, 2.05) is 0 Å². The Labute approximate surface area is 88.7 Å². The number of hydrogen-bond donors (Lipinski definition) is 2. The lowest BCUT2D eigenvalue weighted by Gasteiger charge is -2.04. The van der Waals surface area contributed by atoms with Crippen LogP contribution in [0.15, 0.2) is 0 Å². The van der Waals surface area contributed by atoms with Crippen molar-refractivity contribution >= 4 is 15.9 Å². The zero-order valence-corrected chi connectivity index (χ0v) is 9.01. The summed E-state index contributed by atoms with van der Waals surface area (Å²) in [5.74, 6) is -0.728. The number of carbonyl (C=O) groups is 1. The lowest BCUT2D eigenvalue weighted by Crippen LogP contribution is -2.32. The van der Waals surface area contributed by atoms with Gasteiger partial charge in [0.1, 0.15) is 0 Å². The van der Waals surface area contributed by atoms with Crippen molar-refractivity contribution in [1.29, 1.82) is 5.26 Å². The molecule has 84 valence electrons. The molecular weight excluding hydrogens is 218 g/mol. The lowest BCUT2D eigenvalue weighted by molar-refractivity contribution is -0.121. The topological polar surface area (TPSA) is 99.1 Å². The predicted octanol–water partition coefficient (Wildman–Crippen LogP) is -0.902. The molecule has 0 aliphatic heterocycles. The van der Waals surface area contributed by atoms with Crippen LogP contribution >= 0.6 is 0 Å². The van der Waals surface area contributed by atoms with Crippen LogP contribution in [0.1, 0.15) is 19.3 Å². The second kappa shape index (κ2) is 5.09. The summed E-state index contributed by atoms with van der Waals surface area (Å²) in [4.78, 5) is 11.1. The summed E-state index contributed by atoms with van der Waals surface area (Å²) in [6, 6.07) is 1.82. The Kier molecular flexibility index (Phi) is 4.05. The van der Waals surface area contributed by atoms with Gasteiger partial charge in [0.25, 0.3) is 0 Å². The minimum Gasteiger partial charge on any atom is -0.353 e. The summed E-state index contributed by atoms with van der Waals surface area (Å²) >= 11 is 0. The highest BCUT2D eigenvalue weighted by Gasteiger charge is 2.22. The van der Waals surface area contributed by atoms with Crippen LogP contribution < -0.4 is 10.0 Å². The quantitative estimate of drug-likeness (QED) is 0.618. The molecule has 1 rings (SSSR count). The molecule has 0 atom stereocenters. The van der Waals surface area contributed by atoms with Crippen molar-refractivity contribution in [1.82, 2.24) is 10.0 Å².